The largest absolute Gasteiger partial charge is 0.493 e. The van der Waals surface area contributed by atoms with Crippen molar-refractivity contribution in [2.45, 2.75) is 50.9 Å². The topological polar surface area (TPSA) is 87.9 Å². The molecule has 0 radical (unpaired) electrons. The third-order valence-electron chi connectivity index (χ3n) is 4.20. The molecule has 1 aliphatic rings. The number of esters is 1. The second-order valence-corrected chi connectivity index (χ2v) is 5.79. The Morgan fingerprint density at radius 2 is 2.04 bits per heavy atom. The van der Waals surface area contributed by atoms with Crippen molar-refractivity contribution >= 4 is 5.97 Å². The van der Waals surface area contributed by atoms with Crippen LogP contribution in [0.25, 0.3) is 0 Å². The van der Waals surface area contributed by atoms with Gasteiger partial charge in [-0.1, -0.05) is 6.07 Å². The molecule has 0 heterocycles. The first kappa shape index (κ1) is 18.9. The molecule has 2 rings (SSSR count). The molecule has 0 spiro atoms. The van der Waals surface area contributed by atoms with Crippen LogP contribution in [0.1, 0.15) is 37.7 Å². The van der Waals surface area contributed by atoms with Crippen molar-refractivity contribution in [3.05, 3.63) is 33.9 Å². The summed E-state index contributed by atoms with van der Waals surface area (Å²) >= 11 is 0. The summed E-state index contributed by atoms with van der Waals surface area (Å²) in [6.07, 6.45) is 0.414. The molecule has 3 unspecified atom stereocenters. The molecule has 0 aliphatic heterocycles. The zero-order chi connectivity index (χ0) is 18.6. The van der Waals surface area contributed by atoms with Crippen LogP contribution in [0.15, 0.2) is 18.2 Å². The van der Waals surface area contributed by atoms with E-state index in [1.54, 1.807) is 6.07 Å². The van der Waals surface area contributed by atoms with Crippen LogP contribution < -0.4 is 9.47 Å². The lowest BCUT2D eigenvalue weighted by molar-refractivity contribution is -0.531. The minimum atomic E-state index is -3.05. The van der Waals surface area contributed by atoms with Crippen molar-refractivity contribution < 1.29 is 32.7 Å². The molecule has 1 fully saturated rings. The third-order valence-corrected chi connectivity index (χ3v) is 4.20. The van der Waals surface area contributed by atoms with E-state index in [9.17, 15) is 23.7 Å². The van der Waals surface area contributed by atoms with Crippen LogP contribution in [0.4, 0.5) is 8.78 Å². The highest BCUT2D eigenvalue weighted by Crippen LogP contribution is 2.39. The van der Waals surface area contributed by atoms with Gasteiger partial charge < -0.3 is 14.2 Å². The Hall–Kier alpha value is -2.45. The van der Waals surface area contributed by atoms with E-state index >= 15 is 0 Å². The van der Waals surface area contributed by atoms with Crippen LogP contribution in [-0.2, 0) is 9.53 Å². The zero-order valence-electron chi connectivity index (χ0n) is 13.8. The monoisotopic (exact) mass is 359 g/mol. The second kappa shape index (κ2) is 8.09. The highest BCUT2D eigenvalue weighted by Gasteiger charge is 2.40. The normalized spacial score (nSPS) is 23.2. The molecule has 3 atom stereocenters. The first-order chi connectivity index (χ1) is 11.8. The van der Waals surface area contributed by atoms with Crippen LogP contribution in [0, 0.1) is 10.1 Å². The van der Waals surface area contributed by atoms with Gasteiger partial charge in [0.1, 0.15) is 6.10 Å². The van der Waals surface area contributed by atoms with E-state index in [1.165, 1.54) is 26.2 Å². The summed E-state index contributed by atoms with van der Waals surface area (Å²) < 4.78 is 39.7. The highest BCUT2D eigenvalue weighted by molar-refractivity contribution is 5.66. The van der Waals surface area contributed by atoms with Gasteiger partial charge in [-0.3, -0.25) is 14.9 Å². The van der Waals surface area contributed by atoms with Gasteiger partial charge in [0.05, 0.1) is 13.0 Å². The lowest BCUT2D eigenvalue weighted by atomic mass is 9.78. The Morgan fingerprint density at radius 1 is 1.32 bits per heavy atom. The first-order valence-electron chi connectivity index (χ1n) is 7.75. The number of rotatable bonds is 6. The van der Waals surface area contributed by atoms with Crippen LogP contribution in [-0.4, -0.2) is 36.8 Å². The number of nitro groups is 1. The molecule has 9 heteroatoms. The summed E-state index contributed by atoms with van der Waals surface area (Å²) in [7, 11) is 1.31. The standard InChI is InChI=1S/C16H19F2NO6/c1-9(20)24-11-4-5-13(19(21)22)12(8-11)10-3-6-14(23-2)15(7-10)25-16(17)18/h3,6-7,11-13,16H,4-5,8H2,1-2H3. The maximum absolute atomic E-state index is 12.6. The molecule has 1 aromatic rings. The number of halogens is 2. The summed E-state index contributed by atoms with van der Waals surface area (Å²) in [5, 5.41) is 11.4. The maximum atomic E-state index is 12.6. The van der Waals surface area contributed by atoms with Crippen LogP contribution in [0.2, 0.25) is 0 Å². The minimum absolute atomic E-state index is 0.106. The van der Waals surface area contributed by atoms with Gasteiger partial charge in [0.25, 0.3) is 0 Å². The van der Waals surface area contributed by atoms with E-state index in [0.29, 0.717) is 12.0 Å². The van der Waals surface area contributed by atoms with Crippen LogP contribution >= 0.6 is 0 Å². The molecule has 0 saturated heterocycles. The predicted molar refractivity (Wildman–Crippen MR) is 82.6 cm³/mol. The Morgan fingerprint density at radius 3 is 2.60 bits per heavy atom. The molecule has 0 N–H and O–H groups in total. The first-order valence-corrected chi connectivity index (χ1v) is 7.75. The molecule has 25 heavy (non-hydrogen) atoms. The van der Waals surface area contributed by atoms with Crippen molar-refractivity contribution in [2.24, 2.45) is 0 Å². The Balaban J connectivity index is 2.33. The van der Waals surface area contributed by atoms with Gasteiger partial charge >= 0.3 is 12.6 Å². The number of ether oxygens (including phenoxy) is 3. The van der Waals surface area contributed by atoms with Gasteiger partial charge in [-0.15, -0.1) is 0 Å². The molecule has 7 nitrogen and oxygen atoms in total. The molecular weight excluding hydrogens is 340 g/mol. The van der Waals surface area contributed by atoms with E-state index < -0.39 is 30.6 Å². The number of carbonyl (C=O) groups excluding carboxylic acids is 1. The fraction of sp³-hybridized carbons (Fsp3) is 0.562. The van der Waals surface area contributed by atoms with Crippen molar-refractivity contribution in [1.82, 2.24) is 0 Å². The number of carbonyl (C=O) groups is 1. The minimum Gasteiger partial charge on any atom is -0.493 e. The Bertz CT molecular complexity index is 639. The number of alkyl halides is 2. The fourth-order valence-electron chi connectivity index (χ4n) is 3.18. The molecule has 0 aromatic heterocycles. The van der Waals surface area contributed by atoms with Gasteiger partial charge in [0.15, 0.2) is 11.5 Å². The number of benzene rings is 1. The number of nitrogens with zero attached hydrogens (tertiary/aromatic N) is 1. The fourth-order valence-corrected chi connectivity index (χ4v) is 3.18. The number of methoxy groups -OCH3 is 1. The van der Waals surface area contributed by atoms with E-state index in [1.807, 2.05) is 0 Å². The van der Waals surface area contributed by atoms with Gasteiger partial charge in [0, 0.05) is 18.3 Å². The maximum Gasteiger partial charge on any atom is 0.387 e. The van der Waals surface area contributed by atoms with Gasteiger partial charge in [-0.2, -0.15) is 8.78 Å². The SMILES string of the molecule is COc1ccc(C2CC(OC(C)=O)CCC2[N+](=O)[O-])cc1OC(F)F. The average molecular weight is 359 g/mol. The van der Waals surface area contributed by atoms with E-state index in [4.69, 9.17) is 9.47 Å². The highest BCUT2D eigenvalue weighted by atomic mass is 19.3. The summed E-state index contributed by atoms with van der Waals surface area (Å²) in [6, 6.07) is 3.44. The van der Waals surface area contributed by atoms with Gasteiger partial charge in [-0.05, 0) is 30.5 Å². The summed E-state index contributed by atoms with van der Waals surface area (Å²) in [6.45, 7) is -1.77. The summed E-state index contributed by atoms with van der Waals surface area (Å²) in [5.41, 5.74) is 0.468. The van der Waals surface area contributed by atoms with E-state index in [0.717, 1.165) is 0 Å². The third kappa shape index (κ3) is 4.77. The van der Waals surface area contributed by atoms with Crippen LogP contribution in [0.5, 0.6) is 11.5 Å². The Labute approximate surface area is 143 Å². The second-order valence-electron chi connectivity index (χ2n) is 5.79. The molecule has 1 aliphatic carbocycles. The van der Waals surface area contributed by atoms with Gasteiger partial charge in [-0.25, -0.2) is 0 Å². The lowest BCUT2D eigenvalue weighted by Crippen LogP contribution is -2.37. The number of hydrogen-bond acceptors (Lipinski definition) is 6. The molecular formula is C16H19F2NO6. The van der Waals surface area contributed by atoms with E-state index in [-0.39, 0.29) is 29.3 Å². The van der Waals surface area contributed by atoms with Crippen molar-refractivity contribution in [3.63, 3.8) is 0 Å². The van der Waals surface area contributed by atoms with Crippen molar-refractivity contribution in [3.8, 4) is 11.5 Å². The molecule has 0 amide bonds. The average Bonchev–Trinajstić information content (AvgIpc) is 2.53. The molecule has 138 valence electrons. The molecule has 1 saturated carbocycles. The number of hydrogen-bond donors (Lipinski definition) is 0. The smallest absolute Gasteiger partial charge is 0.387 e. The van der Waals surface area contributed by atoms with Gasteiger partial charge in [0.2, 0.25) is 6.04 Å². The summed E-state index contributed by atoms with van der Waals surface area (Å²) in [4.78, 5) is 22.1. The zero-order valence-corrected chi connectivity index (χ0v) is 13.8. The van der Waals surface area contributed by atoms with Crippen LogP contribution in [0.3, 0.4) is 0 Å². The van der Waals surface area contributed by atoms with Crippen molar-refractivity contribution in [2.75, 3.05) is 7.11 Å². The Kier molecular flexibility index (Phi) is 6.11. The van der Waals surface area contributed by atoms with Crippen molar-refractivity contribution in [1.29, 1.82) is 0 Å². The lowest BCUT2D eigenvalue weighted by Gasteiger charge is -2.31. The van der Waals surface area contributed by atoms with E-state index in [2.05, 4.69) is 4.74 Å². The molecule has 0 bridgehead atoms. The molecule has 1 aromatic carbocycles. The predicted octanol–water partition coefficient (Wildman–Crippen LogP) is 3.14. The summed E-state index contributed by atoms with van der Waals surface area (Å²) in [5.74, 6) is -1.13. The quantitative estimate of drug-likeness (QED) is 0.440.